The lowest BCUT2D eigenvalue weighted by Crippen LogP contribution is -2.33. The molecule has 2 amide bonds. The minimum Gasteiger partial charge on any atom is -0.350 e. The van der Waals surface area contributed by atoms with E-state index in [2.05, 4.69) is 21.3 Å². The summed E-state index contributed by atoms with van der Waals surface area (Å²) in [5.41, 5.74) is 3.73. The Hall–Kier alpha value is -2.73. The van der Waals surface area contributed by atoms with Gasteiger partial charge in [0.1, 0.15) is 0 Å². The molecule has 6 nitrogen and oxygen atoms in total. The van der Waals surface area contributed by atoms with E-state index in [4.69, 9.17) is 0 Å². The van der Waals surface area contributed by atoms with Crippen molar-refractivity contribution in [1.82, 2.24) is 15.2 Å². The highest BCUT2D eigenvalue weighted by atomic mass is 16.2. The van der Waals surface area contributed by atoms with Crippen LogP contribution in [0.4, 0.5) is 5.69 Å². The molecule has 0 bridgehead atoms. The third-order valence-electron chi connectivity index (χ3n) is 5.81. The standard InChI is InChI=1S/C26H36N4O2/c1-20(2)28-26(32)23-11-12-25-24(16-23)19-29(18-22-10-9-13-27-17-22)14-7-5-4-6-8-15-30(25)21(3)31/h9-13,16-17,20H,4-8,14-15,18-19H2,1-3H3,(H,28,32). The van der Waals surface area contributed by atoms with E-state index in [0.717, 1.165) is 43.6 Å². The highest BCUT2D eigenvalue weighted by Crippen LogP contribution is 2.26. The number of hydrogen-bond acceptors (Lipinski definition) is 4. The second kappa shape index (κ2) is 11.8. The first-order chi connectivity index (χ1) is 15.4. The van der Waals surface area contributed by atoms with Gasteiger partial charge in [-0.2, -0.15) is 0 Å². The Kier molecular flexibility index (Phi) is 8.80. The predicted octanol–water partition coefficient (Wildman–Crippen LogP) is 4.54. The molecule has 0 atom stereocenters. The van der Waals surface area contributed by atoms with Gasteiger partial charge in [-0.1, -0.05) is 25.3 Å². The number of nitrogens with one attached hydrogen (secondary N) is 1. The van der Waals surface area contributed by atoms with Gasteiger partial charge in [-0.05, 0) is 68.6 Å². The fourth-order valence-corrected chi connectivity index (χ4v) is 4.25. The molecule has 1 aromatic carbocycles. The van der Waals surface area contributed by atoms with Crippen molar-refractivity contribution in [2.75, 3.05) is 18.0 Å². The summed E-state index contributed by atoms with van der Waals surface area (Å²) in [4.78, 5) is 33.8. The third-order valence-corrected chi connectivity index (χ3v) is 5.81. The fourth-order valence-electron chi connectivity index (χ4n) is 4.25. The molecule has 1 aliphatic heterocycles. The van der Waals surface area contributed by atoms with Crippen LogP contribution >= 0.6 is 0 Å². The predicted molar refractivity (Wildman–Crippen MR) is 129 cm³/mol. The quantitative estimate of drug-likeness (QED) is 0.764. The normalized spacial score (nSPS) is 16.1. The van der Waals surface area contributed by atoms with Crippen LogP contribution in [0.2, 0.25) is 0 Å². The monoisotopic (exact) mass is 436 g/mol. The van der Waals surface area contributed by atoms with Crippen molar-refractivity contribution in [3.05, 3.63) is 59.4 Å². The molecule has 0 unspecified atom stereocenters. The molecule has 2 aromatic rings. The summed E-state index contributed by atoms with van der Waals surface area (Å²) < 4.78 is 0. The van der Waals surface area contributed by atoms with Gasteiger partial charge in [-0.3, -0.25) is 19.5 Å². The first-order valence-corrected chi connectivity index (χ1v) is 11.8. The molecule has 0 fully saturated rings. The molecule has 3 rings (SSSR count). The van der Waals surface area contributed by atoms with Crippen LogP contribution in [0.15, 0.2) is 42.7 Å². The molecule has 1 aromatic heterocycles. The topological polar surface area (TPSA) is 65.5 Å². The molecule has 1 N–H and O–H groups in total. The Labute approximate surface area is 192 Å². The van der Waals surface area contributed by atoms with Gasteiger partial charge in [0.15, 0.2) is 0 Å². The molecule has 1 aliphatic rings. The van der Waals surface area contributed by atoms with E-state index in [-0.39, 0.29) is 17.9 Å². The number of fused-ring (bicyclic) bond motifs is 1. The number of benzene rings is 1. The summed E-state index contributed by atoms with van der Waals surface area (Å²) in [6, 6.07) is 9.87. The average Bonchev–Trinajstić information content (AvgIpc) is 2.75. The third kappa shape index (κ3) is 6.89. The minimum absolute atomic E-state index is 0.0431. The van der Waals surface area contributed by atoms with Gasteiger partial charge in [-0.15, -0.1) is 0 Å². The molecule has 32 heavy (non-hydrogen) atoms. The Balaban J connectivity index is 1.97. The second-order valence-electron chi connectivity index (χ2n) is 8.98. The number of pyridine rings is 1. The lowest BCUT2D eigenvalue weighted by atomic mass is 10.0. The molecular formula is C26H36N4O2. The summed E-state index contributed by atoms with van der Waals surface area (Å²) in [6.45, 7) is 8.69. The zero-order chi connectivity index (χ0) is 22.9. The van der Waals surface area contributed by atoms with Crippen LogP contribution in [0.25, 0.3) is 0 Å². The smallest absolute Gasteiger partial charge is 0.251 e. The Morgan fingerprint density at radius 1 is 1.06 bits per heavy atom. The number of hydrogen-bond donors (Lipinski definition) is 1. The van der Waals surface area contributed by atoms with Crippen molar-refractivity contribution >= 4 is 17.5 Å². The Bertz CT molecular complexity index is 898. The van der Waals surface area contributed by atoms with Crippen LogP contribution in [0, 0.1) is 0 Å². The van der Waals surface area contributed by atoms with Crippen LogP contribution in [-0.2, 0) is 17.9 Å². The number of carbonyl (C=O) groups is 2. The van der Waals surface area contributed by atoms with E-state index >= 15 is 0 Å². The van der Waals surface area contributed by atoms with Gasteiger partial charge in [0, 0.05) is 56.2 Å². The number of rotatable bonds is 4. The lowest BCUT2D eigenvalue weighted by molar-refractivity contribution is -0.116. The Morgan fingerprint density at radius 3 is 2.50 bits per heavy atom. The number of carbonyl (C=O) groups excluding carboxylic acids is 2. The first kappa shape index (κ1) is 23.9. The molecular weight excluding hydrogens is 400 g/mol. The first-order valence-electron chi connectivity index (χ1n) is 11.8. The lowest BCUT2D eigenvalue weighted by Gasteiger charge is -2.29. The van der Waals surface area contributed by atoms with Crippen molar-refractivity contribution < 1.29 is 9.59 Å². The van der Waals surface area contributed by atoms with Gasteiger partial charge >= 0.3 is 0 Å². The van der Waals surface area contributed by atoms with Gasteiger partial charge in [0.05, 0.1) is 0 Å². The van der Waals surface area contributed by atoms with Crippen molar-refractivity contribution in [1.29, 1.82) is 0 Å². The molecule has 0 aliphatic carbocycles. The number of anilines is 1. The number of aromatic nitrogens is 1. The molecule has 6 heteroatoms. The summed E-state index contributed by atoms with van der Waals surface area (Å²) in [5, 5.41) is 2.98. The maximum Gasteiger partial charge on any atom is 0.251 e. The van der Waals surface area contributed by atoms with Crippen LogP contribution in [-0.4, -0.2) is 40.8 Å². The van der Waals surface area contributed by atoms with Crippen LogP contribution in [0.3, 0.4) is 0 Å². The van der Waals surface area contributed by atoms with Gasteiger partial charge in [0.25, 0.3) is 5.91 Å². The molecule has 0 spiro atoms. The number of nitrogens with zero attached hydrogens (tertiary/aromatic N) is 3. The van der Waals surface area contributed by atoms with Crippen LogP contribution < -0.4 is 10.2 Å². The molecule has 0 saturated carbocycles. The molecule has 172 valence electrons. The molecule has 0 radical (unpaired) electrons. The van der Waals surface area contributed by atoms with Crippen LogP contribution in [0.5, 0.6) is 0 Å². The number of amides is 2. The van der Waals surface area contributed by atoms with E-state index < -0.39 is 0 Å². The van der Waals surface area contributed by atoms with Gasteiger partial charge < -0.3 is 10.2 Å². The second-order valence-corrected chi connectivity index (χ2v) is 8.98. The summed E-state index contributed by atoms with van der Waals surface area (Å²) in [6.07, 6.45) is 9.33. The maximum absolute atomic E-state index is 12.7. The van der Waals surface area contributed by atoms with Crippen molar-refractivity contribution in [2.45, 2.75) is 72.0 Å². The summed E-state index contributed by atoms with van der Waals surface area (Å²) in [7, 11) is 0. The highest BCUT2D eigenvalue weighted by molar-refractivity contribution is 5.97. The zero-order valence-corrected chi connectivity index (χ0v) is 19.6. The van der Waals surface area contributed by atoms with E-state index in [1.54, 1.807) is 13.1 Å². The van der Waals surface area contributed by atoms with Gasteiger partial charge in [-0.25, -0.2) is 0 Å². The van der Waals surface area contributed by atoms with Crippen molar-refractivity contribution in [3.63, 3.8) is 0 Å². The van der Waals surface area contributed by atoms with Crippen LogP contribution in [0.1, 0.15) is 74.4 Å². The summed E-state index contributed by atoms with van der Waals surface area (Å²) >= 11 is 0. The van der Waals surface area contributed by atoms with Crippen molar-refractivity contribution in [3.8, 4) is 0 Å². The largest absolute Gasteiger partial charge is 0.350 e. The van der Waals surface area contributed by atoms with Gasteiger partial charge in [0.2, 0.25) is 5.91 Å². The van der Waals surface area contributed by atoms with E-state index in [0.29, 0.717) is 18.7 Å². The average molecular weight is 437 g/mol. The fraction of sp³-hybridized carbons (Fsp3) is 0.500. The van der Waals surface area contributed by atoms with E-state index in [1.807, 2.05) is 49.2 Å². The zero-order valence-electron chi connectivity index (χ0n) is 19.6. The molecule has 2 heterocycles. The Morgan fingerprint density at radius 2 is 1.81 bits per heavy atom. The highest BCUT2D eigenvalue weighted by Gasteiger charge is 2.20. The van der Waals surface area contributed by atoms with E-state index in [1.165, 1.54) is 18.4 Å². The van der Waals surface area contributed by atoms with Crippen molar-refractivity contribution in [2.24, 2.45) is 0 Å². The molecule has 0 saturated heterocycles. The summed E-state index contributed by atoms with van der Waals surface area (Å²) in [5.74, 6) is -0.0383. The maximum atomic E-state index is 12.7. The minimum atomic E-state index is -0.0814. The SMILES string of the molecule is CC(=O)N1CCCCCCCN(Cc2cccnc2)Cc2cc(C(=O)NC(C)C)ccc21. The van der Waals surface area contributed by atoms with E-state index in [9.17, 15) is 9.59 Å².